The van der Waals surface area contributed by atoms with Gasteiger partial charge >= 0.3 is 0 Å². The highest BCUT2D eigenvalue weighted by molar-refractivity contribution is 6.17. The van der Waals surface area contributed by atoms with E-state index in [0.717, 1.165) is 0 Å². The van der Waals surface area contributed by atoms with E-state index in [1.54, 1.807) is 0 Å². The molecule has 0 atom stereocenters. The van der Waals surface area contributed by atoms with Crippen LogP contribution in [0.2, 0.25) is 0 Å². The summed E-state index contributed by atoms with van der Waals surface area (Å²) >= 11 is 5.40. The maximum Gasteiger partial charge on any atom is 0.269 e. The van der Waals surface area contributed by atoms with Crippen molar-refractivity contribution in [3.63, 3.8) is 0 Å². The second kappa shape index (κ2) is 3.87. The van der Waals surface area contributed by atoms with E-state index in [-0.39, 0.29) is 17.1 Å². The summed E-state index contributed by atoms with van der Waals surface area (Å²) in [5, 5.41) is 0. The average molecular weight is 208 g/mol. The normalized spacial score (nSPS) is 10.8. The number of hydrogen-bond acceptors (Lipinski definition) is 1. The highest BCUT2D eigenvalue weighted by Crippen LogP contribution is 2.19. The summed E-state index contributed by atoms with van der Waals surface area (Å²) in [5.74, 6) is -0.116. The molecule has 0 aliphatic rings. The van der Waals surface area contributed by atoms with E-state index in [1.165, 1.54) is 13.1 Å². The van der Waals surface area contributed by atoms with Crippen molar-refractivity contribution in [1.29, 1.82) is 0 Å². The van der Waals surface area contributed by atoms with Crippen molar-refractivity contribution in [3.05, 3.63) is 33.2 Å². The summed E-state index contributed by atoms with van der Waals surface area (Å²) in [5.41, 5.74) is -0.796. The Kier molecular flexibility index (Phi) is 3.03. The molecule has 0 saturated heterocycles. The third kappa shape index (κ3) is 1.88. The maximum absolute atomic E-state index is 12.4. The SMILES string of the molecule is Cc1c[nH]c(CCl)c(C(F)F)c1=O. The first-order valence-electron chi connectivity index (χ1n) is 3.63. The number of aromatic nitrogens is 1. The molecule has 0 fully saturated rings. The van der Waals surface area contributed by atoms with Crippen molar-refractivity contribution in [2.45, 2.75) is 19.2 Å². The van der Waals surface area contributed by atoms with E-state index in [4.69, 9.17) is 11.6 Å². The molecule has 0 bridgehead atoms. The van der Waals surface area contributed by atoms with Gasteiger partial charge in [0.15, 0.2) is 5.43 Å². The van der Waals surface area contributed by atoms with Gasteiger partial charge in [-0.2, -0.15) is 0 Å². The highest BCUT2D eigenvalue weighted by Gasteiger charge is 2.17. The number of aromatic amines is 1. The number of hydrogen-bond donors (Lipinski definition) is 1. The van der Waals surface area contributed by atoms with E-state index in [0.29, 0.717) is 0 Å². The van der Waals surface area contributed by atoms with Gasteiger partial charge in [-0.1, -0.05) is 0 Å². The van der Waals surface area contributed by atoms with Crippen LogP contribution in [-0.4, -0.2) is 4.98 Å². The molecule has 72 valence electrons. The Morgan fingerprint density at radius 1 is 1.62 bits per heavy atom. The number of nitrogens with one attached hydrogen (secondary N) is 1. The number of H-pyrrole nitrogens is 1. The van der Waals surface area contributed by atoms with Gasteiger partial charge in [0.05, 0.1) is 11.4 Å². The predicted molar refractivity (Wildman–Crippen MR) is 46.3 cm³/mol. The molecule has 0 spiro atoms. The van der Waals surface area contributed by atoms with Crippen LogP contribution in [0, 0.1) is 6.92 Å². The molecule has 0 radical (unpaired) electrons. The molecule has 0 unspecified atom stereocenters. The first-order chi connectivity index (χ1) is 6.07. The molecule has 1 rings (SSSR count). The summed E-state index contributed by atoms with van der Waals surface area (Å²) in [4.78, 5) is 13.8. The molecular weight excluding hydrogens is 200 g/mol. The lowest BCUT2D eigenvalue weighted by Gasteiger charge is -2.05. The molecule has 2 nitrogen and oxygen atoms in total. The first kappa shape index (κ1) is 10.2. The van der Waals surface area contributed by atoms with E-state index < -0.39 is 17.4 Å². The third-order valence-electron chi connectivity index (χ3n) is 1.74. The number of halogens is 3. The summed E-state index contributed by atoms with van der Waals surface area (Å²) in [6, 6.07) is 0. The number of alkyl halides is 3. The van der Waals surface area contributed by atoms with Crippen LogP contribution in [0.3, 0.4) is 0 Å². The molecule has 5 heteroatoms. The zero-order chi connectivity index (χ0) is 10.0. The van der Waals surface area contributed by atoms with E-state index >= 15 is 0 Å². The predicted octanol–water partition coefficient (Wildman–Crippen LogP) is 2.36. The zero-order valence-electron chi connectivity index (χ0n) is 6.90. The topological polar surface area (TPSA) is 32.9 Å². The Morgan fingerprint density at radius 3 is 2.69 bits per heavy atom. The van der Waals surface area contributed by atoms with Crippen LogP contribution in [0.1, 0.15) is 23.2 Å². The van der Waals surface area contributed by atoms with Gasteiger partial charge in [-0.25, -0.2) is 8.78 Å². The van der Waals surface area contributed by atoms with Crippen LogP contribution in [0.15, 0.2) is 11.0 Å². The van der Waals surface area contributed by atoms with E-state index in [1.807, 2.05) is 0 Å². The van der Waals surface area contributed by atoms with Gasteiger partial charge in [-0.3, -0.25) is 4.79 Å². The van der Waals surface area contributed by atoms with Crippen LogP contribution < -0.4 is 5.43 Å². The Labute approximate surface area is 78.5 Å². The van der Waals surface area contributed by atoms with Crippen LogP contribution in [0.5, 0.6) is 0 Å². The Balaban J connectivity index is 3.42. The van der Waals surface area contributed by atoms with Crippen LogP contribution in [0.25, 0.3) is 0 Å². The molecule has 1 aromatic rings. The second-order valence-electron chi connectivity index (χ2n) is 2.63. The fraction of sp³-hybridized carbons (Fsp3) is 0.375. The third-order valence-corrected chi connectivity index (χ3v) is 2.01. The first-order valence-corrected chi connectivity index (χ1v) is 4.16. The Bertz CT molecular complexity index is 362. The average Bonchev–Trinajstić information content (AvgIpc) is 2.08. The molecule has 0 saturated carbocycles. The van der Waals surface area contributed by atoms with Gasteiger partial charge in [-0.15, -0.1) is 11.6 Å². The number of aryl methyl sites for hydroxylation is 1. The molecule has 1 N–H and O–H groups in total. The lowest BCUT2D eigenvalue weighted by Crippen LogP contribution is -2.16. The van der Waals surface area contributed by atoms with Gasteiger partial charge in [0, 0.05) is 17.5 Å². The van der Waals surface area contributed by atoms with Crippen molar-refractivity contribution in [1.82, 2.24) is 4.98 Å². The highest BCUT2D eigenvalue weighted by atomic mass is 35.5. The molecule has 0 aromatic carbocycles. The molecule has 0 amide bonds. The van der Waals surface area contributed by atoms with Crippen LogP contribution in [0.4, 0.5) is 8.78 Å². The van der Waals surface area contributed by atoms with Gasteiger partial charge in [0.25, 0.3) is 6.43 Å². The van der Waals surface area contributed by atoms with E-state index in [9.17, 15) is 13.6 Å². The van der Waals surface area contributed by atoms with Gasteiger partial charge < -0.3 is 4.98 Å². The Hall–Kier alpha value is -0.900. The summed E-state index contributed by atoms with van der Waals surface area (Å²) in [7, 11) is 0. The molecule has 1 heterocycles. The zero-order valence-corrected chi connectivity index (χ0v) is 7.66. The smallest absolute Gasteiger partial charge is 0.269 e. The van der Waals surface area contributed by atoms with Crippen molar-refractivity contribution in [2.24, 2.45) is 0 Å². The van der Waals surface area contributed by atoms with Crippen molar-refractivity contribution >= 4 is 11.6 Å². The minimum atomic E-state index is -2.78. The second-order valence-corrected chi connectivity index (χ2v) is 2.89. The molecule has 13 heavy (non-hydrogen) atoms. The van der Waals surface area contributed by atoms with Gasteiger partial charge in [0.1, 0.15) is 0 Å². The minimum Gasteiger partial charge on any atom is -0.363 e. The minimum absolute atomic E-state index is 0.0901. The quantitative estimate of drug-likeness (QED) is 0.742. The maximum atomic E-state index is 12.4. The van der Waals surface area contributed by atoms with Gasteiger partial charge in [-0.05, 0) is 6.92 Å². The molecule has 0 aliphatic carbocycles. The molecule has 0 aliphatic heterocycles. The fourth-order valence-electron chi connectivity index (χ4n) is 1.03. The van der Waals surface area contributed by atoms with E-state index in [2.05, 4.69) is 4.98 Å². The molecule has 1 aromatic heterocycles. The monoisotopic (exact) mass is 207 g/mol. The van der Waals surface area contributed by atoms with Crippen molar-refractivity contribution in [2.75, 3.05) is 0 Å². The fourth-order valence-corrected chi connectivity index (χ4v) is 1.25. The lowest BCUT2D eigenvalue weighted by atomic mass is 10.1. The summed E-state index contributed by atoms with van der Waals surface area (Å²) < 4.78 is 24.8. The largest absolute Gasteiger partial charge is 0.363 e. The molecular formula is C8H8ClF2NO. The van der Waals surface area contributed by atoms with Crippen LogP contribution in [-0.2, 0) is 5.88 Å². The van der Waals surface area contributed by atoms with Gasteiger partial charge in [0.2, 0.25) is 0 Å². The van der Waals surface area contributed by atoms with Crippen molar-refractivity contribution in [3.8, 4) is 0 Å². The standard InChI is InChI=1S/C8H8ClF2NO/c1-4-3-12-5(2-9)6(7(4)13)8(10)11/h3,8H,2H2,1H3,(H,12,13). The van der Waals surface area contributed by atoms with Crippen molar-refractivity contribution < 1.29 is 8.78 Å². The Morgan fingerprint density at radius 2 is 2.23 bits per heavy atom. The number of pyridine rings is 1. The lowest BCUT2D eigenvalue weighted by molar-refractivity contribution is 0.148. The summed E-state index contributed by atoms with van der Waals surface area (Å²) in [6.07, 6.45) is -1.40. The number of rotatable bonds is 2. The summed E-state index contributed by atoms with van der Waals surface area (Å²) in [6.45, 7) is 1.47. The van der Waals surface area contributed by atoms with Crippen LogP contribution >= 0.6 is 11.6 Å².